The fourth-order valence-corrected chi connectivity index (χ4v) is 5.61. The molecule has 3 aromatic rings. The molecule has 2 aliphatic rings. The molecule has 0 aromatic heterocycles. The third-order valence-corrected chi connectivity index (χ3v) is 7.51. The molecule has 1 saturated heterocycles. The fourth-order valence-electron chi connectivity index (χ4n) is 5.43. The predicted molar refractivity (Wildman–Crippen MR) is 137 cm³/mol. The van der Waals surface area contributed by atoms with Crippen LogP contribution in [0.3, 0.4) is 0 Å². The monoisotopic (exact) mass is 472 g/mol. The third kappa shape index (κ3) is 4.17. The van der Waals surface area contributed by atoms with Gasteiger partial charge in [-0.2, -0.15) is 0 Å². The van der Waals surface area contributed by atoms with E-state index < -0.39 is 5.41 Å². The minimum Gasteiger partial charge on any atom is -0.369 e. The lowest BCUT2D eigenvalue weighted by atomic mass is 9.72. The molecule has 1 heterocycles. The second-order valence-corrected chi connectivity index (χ2v) is 9.68. The molecule has 0 N–H and O–H groups in total. The number of unbranched alkanes of at least 4 members (excludes halogenated alkanes) is 1. The molecule has 0 amide bonds. The van der Waals surface area contributed by atoms with Gasteiger partial charge in [-0.05, 0) is 43.1 Å². The third-order valence-electron chi connectivity index (χ3n) is 7.28. The summed E-state index contributed by atoms with van der Waals surface area (Å²) < 4.78 is 0. The molecule has 1 aliphatic carbocycles. The summed E-state index contributed by atoms with van der Waals surface area (Å²) in [6.45, 7) is 4.92. The molecule has 174 valence electrons. The molecule has 34 heavy (non-hydrogen) atoms. The number of nitrogens with zero attached hydrogens (tertiary/aromatic N) is 2. The Hall–Kier alpha value is -2.95. The molecular weight excluding hydrogens is 444 g/mol. The first-order valence-corrected chi connectivity index (χ1v) is 12.4. The minimum atomic E-state index is -1.09. The van der Waals surface area contributed by atoms with Crippen LogP contribution in [0, 0.1) is 0 Å². The van der Waals surface area contributed by atoms with Crippen molar-refractivity contribution >= 4 is 28.9 Å². The van der Waals surface area contributed by atoms with Gasteiger partial charge < -0.3 is 4.90 Å². The molecule has 4 nitrogen and oxygen atoms in total. The zero-order valence-corrected chi connectivity index (χ0v) is 20.0. The van der Waals surface area contributed by atoms with Crippen molar-refractivity contribution in [2.45, 2.75) is 24.7 Å². The number of benzene rings is 3. The Morgan fingerprint density at radius 3 is 2.03 bits per heavy atom. The van der Waals surface area contributed by atoms with Crippen molar-refractivity contribution in [1.29, 1.82) is 0 Å². The van der Waals surface area contributed by atoms with Crippen LogP contribution < -0.4 is 4.90 Å². The van der Waals surface area contributed by atoms with Gasteiger partial charge in [0.15, 0.2) is 11.6 Å². The first kappa shape index (κ1) is 22.8. The van der Waals surface area contributed by atoms with E-state index in [-0.39, 0.29) is 11.6 Å². The number of carbonyl (C=O) groups is 2. The van der Waals surface area contributed by atoms with Crippen molar-refractivity contribution in [3.8, 4) is 0 Å². The van der Waals surface area contributed by atoms with Crippen LogP contribution in [-0.2, 0) is 5.41 Å². The van der Waals surface area contributed by atoms with Gasteiger partial charge in [-0.3, -0.25) is 14.5 Å². The van der Waals surface area contributed by atoms with Gasteiger partial charge in [-0.15, -0.1) is 0 Å². The highest BCUT2D eigenvalue weighted by atomic mass is 35.5. The second-order valence-electron chi connectivity index (χ2n) is 9.24. The number of piperazine rings is 1. The summed E-state index contributed by atoms with van der Waals surface area (Å²) in [4.78, 5) is 32.0. The predicted octanol–water partition coefficient (Wildman–Crippen LogP) is 5.65. The Morgan fingerprint density at radius 1 is 0.735 bits per heavy atom. The number of carbonyl (C=O) groups excluding carboxylic acids is 2. The molecule has 1 aliphatic heterocycles. The molecular formula is C29H29ClN2O2. The van der Waals surface area contributed by atoms with Crippen LogP contribution in [0.4, 0.5) is 5.69 Å². The molecule has 0 atom stereocenters. The zero-order valence-electron chi connectivity index (χ0n) is 19.3. The van der Waals surface area contributed by atoms with E-state index in [1.807, 2.05) is 60.7 Å². The van der Waals surface area contributed by atoms with Crippen LogP contribution >= 0.6 is 11.6 Å². The van der Waals surface area contributed by atoms with Gasteiger partial charge in [0, 0.05) is 48.0 Å². The van der Waals surface area contributed by atoms with Crippen molar-refractivity contribution < 1.29 is 9.59 Å². The lowest BCUT2D eigenvalue weighted by Crippen LogP contribution is -2.46. The summed E-state index contributed by atoms with van der Waals surface area (Å²) in [5, 5.41) is 0.769. The molecule has 5 rings (SSSR count). The van der Waals surface area contributed by atoms with E-state index in [2.05, 4.69) is 15.9 Å². The van der Waals surface area contributed by atoms with Crippen LogP contribution in [0.2, 0.25) is 5.02 Å². The molecule has 0 radical (unpaired) electrons. The summed E-state index contributed by atoms with van der Waals surface area (Å²) in [6.07, 6.45) is 2.34. The summed E-state index contributed by atoms with van der Waals surface area (Å²) in [5.74, 6) is -0.0936. The van der Waals surface area contributed by atoms with Gasteiger partial charge >= 0.3 is 0 Å². The number of hydrogen-bond donors (Lipinski definition) is 0. The van der Waals surface area contributed by atoms with Crippen LogP contribution in [0.5, 0.6) is 0 Å². The van der Waals surface area contributed by atoms with Gasteiger partial charge in [0.1, 0.15) is 5.41 Å². The number of anilines is 1. The van der Waals surface area contributed by atoms with Crippen molar-refractivity contribution in [3.05, 3.63) is 101 Å². The van der Waals surface area contributed by atoms with Gasteiger partial charge in [0.2, 0.25) is 0 Å². The Morgan fingerprint density at radius 2 is 1.38 bits per heavy atom. The Balaban J connectivity index is 1.22. The number of fused-ring (bicyclic) bond motifs is 1. The first-order valence-electron chi connectivity index (χ1n) is 12.1. The van der Waals surface area contributed by atoms with Gasteiger partial charge in [-0.25, -0.2) is 0 Å². The minimum absolute atomic E-state index is 0.0468. The van der Waals surface area contributed by atoms with Gasteiger partial charge in [0.25, 0.3) is 0 Å². The van der Waals surface area contributed by atoms with E-state index in [1.54, 1.807) is 12.1 Å². The van der Waals surface area contributed by atoms with E-state index in [0.717, 1.165) is 56.2 Å². The highest BCUT2D eigenvalue weighted by Gasteiger charge is 2.53. The topological polar surface area (TPSA) is 40.6 Å². The first-order chi connectivity index (χ1) is 16.6. The molecule has 0 unspecified atom stereocenters. The van der Waals surface area contributed by atoms with Crippen molar-refractivity contribution in [2.24, 2.45) is 0 Å². The molecule has 0 bridgehead atoms. The molecule has 1 fully saturated rings. The van der Waals surface area contributed by atoms with Crippen molar-refractivity contribution in [3.63, 3.8) is 0 Å². The number of Topliss-reactive ketones (excluding diaryl/α,β-unsaturated/α-hetero) is 2. The largest absolute Gasteiger partial charge is 0.369 e. The maximum Gasteiger partial charge on any atom is 0.181 e. The molecule has 3 aromatic carbocycles. The van der Waals surface area contributed by atoms with Crippen molar-refractivity contribution in [1.82, 2.24) is 4.90 Å². The summed E-state index contributed by atoms with van der Waals surface area (Å²) >= 11 is 6.15. The Labute approximate surface area is 206 Å². The van der Waals surface area contributed by atoms with Crippen LogP contribution in [-0.4, -0.2) is 49.2 Å². The fraction of sp³-hybridized carbons (Fsp3) is 0.310. The van der Waals surface area contributed by atoms with E-state index in [9.17, 15) is 9.59 Å². The van der Waals surface area contributed by atoms with Crippen LogP contribution in [0.1, 0.15) is 45.5 Å². The van der Waals surface area contributed by atoms with Crippen LogP contribution in [0.25, 0.3) is 0 Å². The maximum atomic E-state index is 13.6. The molecule has 5 heteroatoms. The van der Waals surface area contributed by atoms with Gasteiger partial charge in [0.05, 0.1) is 0 Å². The normalized spacial score (nSPS) is 17.7. The molecule has 0 saturated carbocycles. The summed E-state index contributed by atoms with van der Waals surface area (Å²) in [5.41, 5.74) is 2.03. The Kier molecular flexibility index (Phi) is 6.53. The van der Waals surface area contributed by atoms with Gasteiger partial charge in [-0.1, -0.05) is 78.7 Å². The molecule has 0 spiro atoms. The number of halogens is 1. The standard InChI is InChI=1S/C29H29ClN2O2/c30-23-11-8-12-24(21-23)32-19-17-31(18-20-32)16-7-6-15-29(22-9-2-1-3-10-22)27(33)25-13-4-5-14-26(25)28(29)34/h1-5,8-14,21H,6-7,15-20H2. The highest BCUT2D eigenvalue weighted by molar-refractivity contribution is 6.33. The quantitative estimate of drug-likeness (QED) is 0.329. The number of ketones is 2. The Bertz CT molecular complexity index is 1150. The van der Waals surface area contributed by atoms with E-state index >= 15 is 0 Å². The van der Waals surface area contributed by atoms with E-state index in [0.29, 0.717) is 17.5 Å². The van der Waals surface area contributed by atoms with Crippen molar-refractivity contribution in [2.75, 3.05) is 37.6 Å². The van der Waals surface area contributed by atoms with E-state index in [1.165, 1.54) is 5.69 Å². The number of rotatable bonds is 7. The lowest BCUT2D eigenvalue weighted by Gasteiger charge is -2.36. The zero-order chi connectivity index (χ0) is 23.5. The average molecular weight is 473 g/mol. The maximum absolute atomic E-state index is 13.6. The second kappa shape index (κ2) is 9.73. The highest BCUT2D eigenvalue weighted by Crippen LogP contribution is 2.43. The van der Waals surface area contributed by atoms with E-state index in [4.69, 9.17) is 11.6 Å². The SMILES string of the molecule is O=C1c2ccccc2C(=O)C1(CCCCN1CCN(c2cccc(Cl)c2)CC1)c1ccccc1. The summed E-state index contributed by atoms with van der Waals surface area (Å²) in [6, 6.07) is 24.9. The smallest absolute Gasteiger partial charge is 0.181 e. The summed E-state index contributed by atoms with van der Waals surface area (Å²) in [7, 11) is 0. The number of hydrogen-bond acceptors (Lipinski definition) is 4. The lowest BCUT2D eigenvalue weighted by molar-refractivity contribution is 0.0779. The van der Waals surface area contributed by atoms with Crippen LogP contribution in [0.15, 0.2) is 78.9 Å². The average Bonchev–Trinajstić information content (AvgIpc) is 3.10.